The van der Waals surface area contributed by atoms with Gasteiger partial charge in [-0.3, -0.25) is 0 Å². The van der Waals surface area contributed by atoms with Gasteiger partial charge in [0.1, 0.15) is 23.3 Å². The van der Waals surface area contributed by atoms with Gasteiger partial charge in [0.2, 0.25) is 0 Å². The summed E-state index contributed by atoms with van der Waals surface area (Å²) < 4.78 is 76.3. The van der Waals surface area contributed by atoms with Gasteiger partial charge in [-0.25, -0.2) is 26.3 Å². The molecule has 6 heteroatoms. The van der Waals surface area contributed by atoms with Crippen molar-refractivity contribution in [2.45, 2.75) is 79.1 Å². The average molecular weight is 589 g/mol. The minimum Gasteiger partial charge on any atom is -0.207 e. The lowest BCUT2D eigenvalue weighted by molar-refractivity contribution is 0.494. The molecule has 42 heavy (non-hydrogen) atoms. The molecule has 0 spiro atoms. The first-order valence-corrected chi connectivity index (χ1v) is 14.0. The van der Waals surface area contributed by atoms with Gasteiger partial charge in [-0.15, -0.1) is 0 Å². The van der Waals surface area contributed by atoms with Gasteiger partial charge >= 0.3 is 0 Å². The van der Waals surface area contributed by atoms with Crippen LogP contribution in [-0.4, -0.2) is 0 Å². The molecule has 0 saturated heterocycles. The van der Waals surface area contributed by atoms with Crippen molar-refractivity contribution >= 4 is 0 Å². The topological polar surface area (TPSA) is 0 Å². The van der Waals surface area contributed by atoms with Crippen molar-refractivity contribution in [1.29, 1.82) is 0 Å². The first kappa shape index (κ1) is 36.5. The van der Waals surface area contributed by atoms with E-state index in [1.54, 1.807) is 19.9 Å². The summed E-state index contributed by atoms with van der Waals surface area (Å²) in [6.07, 6.45) is 0. The summed E-state index contributed by atoms with van der Waals surface area (Å²) in [6, 6.07) is 22.3. The molecule has 0 amide bonds. The van der Waals surface area contributed by atoms with E-state index in [1.165, 1.54) is 42.0 Å². The summed E-state index contributed by atoms with van der Waals surface area (Å²) in [5, 5.41) is 0. The smallest absolute Gasteiger partial charge is 0.162 e. The zero-order valence-corrected chi connectivity index (χ0v) is 25.7. The highest BCUT2D eigenvalue weighted by atomic mass is 19.2. The van der Waals surface area contributed by atoms with Crippen molar-refractivity contribution in [3.63, 3.8) is 0 Å². The lowest BCUT2D eigenvalue weighted by atomic mass is 10.0. The van der Waals surface area contributed by atoms with Crippen LogP contribution >= 0.6 is 0 Å². The minimum absolute atomic E-state index is 0.0331. The first-order chi connectivity index (χ1) is 19.6. The van der Waals surface area contributed by atoms with Crippen LogP contribution in [0.15, 0.2) is 84.9 Å². The molecule has 228 valence electrons. The summed E-state index contributed by atoms with van der Waals surface area (Å²) in [6.45, 7) is 15.4. The van der Waals surface area contributed by atoms with Crippen molar-refractivity contribution < 1.29 is 26.3 Å². The second kappa shape index (κ2) is 18.1. The monoisotopic (exact) mass is 588 g/mol. The van der Waals surface area contributed by atoms with Crippen LogP contribution in [-0.2, 0) is 0 Å². The predicted octanol–water partition coefficient (Wildman–Crippen LogP) is 12.1. The van der Waals surface area contributed by atoms with Crippen LogP contribution < -0.4 is 0 Å². The van der Waals surface area contributed by atoms with Crippen molar-refractivity contribution in [2.24, 2.45) is 0 Å². The quantitative estimate of drug-likeness (QED) is 0.208. The normalized spacial score (nSPS) is 10.5. The average Bonchev–Trinajstić information content (AvgIpc) is 2.91. The maximum atomic E-state index is 12.9. The van der Waals surface area contributed by atoms with Crippen molar-refractivity contribution in [3.05, 3.63) is 142 Å². The molecule has 0 aliphatic rings. The van der Waals surface area contributed by atoms with E-state index in [4.69, 9.17) is 0 Å². The molecule has 0 aliphatic carbocycles. The third kappa shape index (κ3) is 12.5. The molecule has 0 nitrogen and oxygen atoms in total. The third-order valence-corrected chi connectivity index (χ3v) is 6.20. The zero-order chi connectivity index (χ0) is 32.0. The molecular weight excluding hydrogens is 546 g/mol. The van der Waals surface area contributed by atoms with Gasteiger partial charge in [0.05, 0.1) is 0 Å². The van der Waals surface area contributed by atoms with Crippen molar-refractivity contribution in [3.8, 4) is 0 Å². The van der Waals surface area contributed by atoms with E-state index in [-0.39, 0.29) is 23.3 Å². The Balaban J connectivity index is 0.000000281. The number of hydrogen-bond donors (Lipinski definition) is 0. The van der Waals surface area contributed by atoms with Gasteiger partial charge in [0, 0.05) is 11.6 Å². The van der Waals surface area contributed by atoms with Gasteiger partial charge < -0.3 is 0 Å². The van der Waals surface area contributed by atoms with E-state index in [2.05, 4.69) is 38.1 Å². The van der Waals surface area contributed by atoms with Crippen LogP contribution in [0.4, 0.5) is 26.3 Å². The van der Waals surface area contributed by atoms with E-state index < -0.39 is 34.9 Å². The Morgan fingerprint density at radius 2 is 0.857 bits per heavy atom. The highest BCUT2D eigenvalue weighted by Gasteiger charge is 2.11. The highest BCUT2D eigenvalue weighted by molar-refractivity contribution is 5.23. The lowest BCUT2D eigenvalue weighted by Gasteiger charge is -2.06. The van der Waals surface area contributed by atoms with Crippen LogP contribution in [0.3, 0.4) is 0 Å². The summed E-state index contributed by atoms with van der Waals surface area (Å²) in [5.74, 6) is -2.66. The van der Waals surface area contributed by atoms with Crippen molar-refractivity contribution in [2.75, 3.05) is 0 Å². The predicted molar refractivity (Wildman–Crippen MR) is 162 cm³/mol. The van der Waals surface area contributed by atoms with Gasteiger partial charge in [0.25, 0.3) is 0 Å². The Bertz CT molecular complexity index is 1300. The first-order valence-electron chi connectivity index (χ1n) is 14.0. The second-order valence-electron chi connectivity index (χ2n) is 11.0. The molecular formula is C36H42F6. The molecule has 0 heterocycles. The van der Waals surface area contributed by atoms with E-state index in [1.807, 2.05) is 33.8 Å². The highest BCUT2D eigenvalue weighted by Crippen LogP contribution is 2.21. The molecule has 0 aliphatic heterocycles. The molecule has 0 unspecified atom stereocenters. The number of halogens is 6. The molecule has 0 radical (unpaired) electrons. The molecule has 4 rings (SSSR count). The lowest BCUT2D eigenvalue weighted by Crippen LogP contribution is -1.96. The summed E-state index contributed by atoms with van der Waals surface area (Å²) in [4.78, 5) is 0. The van der Waals surface area contributed by atoms with Gasteiger partial charge in [-0.1, -0.05) is 104 Å². The molecule has 0 N–H and O–H groups in total. The fourth-order valence-electron chi connectivity index (χ4n) is 3.78. The van der Waals surface area contributed by atoms with Gasteiger partial charge in [-0.05, 0) is 70.7 Å². The van der Waals surface area contributed by atoms with Crippen LogP contribution in [0.1, 0.15) is 101 Å². The van der Waals surface area contributed by atoms with E-state index in [9.17, 15) is 26.3 Å². The van der Waals surface area contributed by atoms with E-state index in [0.717, 1.165) is 12.1 Å². The second-order valence-corrected chi connectivity index (χ2v) is 11.0. The Labute approximate surface area is 247 Å². The summed E-state index contributed by atoms with van der Waals surface area (Å²) in [5.41, 5.74) is 2.72. The summed E-state index contributed by atoms with van der Waals surface area (Å²) in [7, 11) is 0. The summed E-state index contributed by atoms with van der Waals surface area (Å²) >= 11 is 0. The van der Waals surface area contributed by atoms with Crippen molar-refractivity contribution in [1.82, 2.24) is 0 Å². The number of hydrogen-bond acceptors (Lipinski definition) is 0. The molecule has 4 aromatic carbocycles. The molecule has 0 saturated carbocycles. The standard InChI is InChI=1S/3C9H10F2.C9H12/c1-6(2)7-3-8(10)5-9(11)4-7;1-6(2)9-7(10)4-3-5-8(9)11;1-6(2)7-4-3-5-8(10)9(7)11;1-8(2)9-6-4-3-5-7-9/h3*3-6H,1-2H3;3-8H,1-2H3. The fourth-order valence-corrected chi connectivity index (χ4v) is 3.78. The van der Waals surface area contributed by atoms with Crippen LogP contribution in [0, 0.1) is 34.9 Å². The molecule has 4 aromatic rings. The van der Waals surface area contributed by atoms with Gasteiger partial charge in [-0.2, -0.15) is 0 Å². The maximum absolute atomic E-state index is 12.9. The van der Waals surface area contributed by atoms with E-state index >= 15 is 0 Å². The molecule has 0 atom stereocenters. The minimum atomic E-state index is -0.767. The van der Waals surface area contributed by atoms with Gasteiger partial charge in [0.15, 0.2) is 11.6 Å². The maximum Gasteiger partial charge on any atom is 0.162 e. The largest absolute Gasteiger partial charge is 0.207 e. The van der Waals surface area contributed by atoms with E-state index in [0.29, 0.717) is 17.0 Å². The SMILES string of the molecule is CC(C)c1c(F)cccc1F.CC(C)c1cc(F)cc(F)c1.CC(C)c1cccc(F)c1F.CC(C)c1ccccc1. The van der Waals surface area contributed by atoms with Crippen LogP contribution in [0.25, 0.3) is 0 Å². The zero-order valence-electron chi connectivity index (χ0n) is 25.7. The molecule has 0 fully saturated rings. The third-order valence-electron chi connectivity index (χ3n) is 6.20. The Hall–Kier alpha value is -3.54. The number of benzene rings is 4. The number of rotatable bonds is 4. The Kier molecular flexibility index (Phi) is 15.7. The Morgan fingerprint density at radius 1 is 0.405 bits per heavy atom. The molecule has 0 bridgehead atoms. The molecule has 0 aromatic heterocycles. The fraction of sp³-hybridized carbons (Fsp3) is 0.333. The van der Waals surface area contributed by atoms with Crippen LogP contribution in [0.2, 0.25) is 0 Å². The Morgan fingerprint density at radius 3 is 1.21 bits per heavy atom. The van der Waals surface area contributed by atoms with Crippen LogP contribution in [0.5, 0.6) is 0 Å².